The van der Waals surface area contributed by atoms with Crippen LogP contribution in [0.3, 0.4) is 0 Å². The van der Waals surface area contributed by atoms with Crippen molar-refractivity contribution >= 4 is 12.0 Å². The zero-order valence-corrected chi connectivity index (χ0v) is 14.5. The first-order valence-electron chi connectivity index (χ1n) is 8.01. The summed E-state index contributed by atoms with van der Waals surface area (Å²) >= 11 is 0. The van der Waals surface area contributed by atoms with E-state index in [4.69, 9.17) is 9.47 Å². The molecule has 0 unspecified atom stereocenters. The topological polar surface area (TPSA) is 76.7 Å². The molecular weight excluding hydrogens is 308 g/mol. The third-order valence-electron chi connectivity index (χ3n) is 3.87. The summed E-state index contributed by atoms with van der Waals surface area (Å²) in [6.07, 6.45) is 0.797. The Hall–Kier alpha value is -2.50. The summed E-state index contributed by atoms with van der Waals surface area (Å²) in [5.41, 5.74) is 1.72. The predicted molar refractivity (Wildman–Crippen MR) is 90.5 cm³/mol. The SMILES string of the molecule is COc1ccc([C@@H]2NC(=O)NC(C)=C2C(=O)OCCC(C)C)cc1. The molecule has 130 valence electrons. The van der Waals surface area contributed by atoms with Crippen LogP contribution in [-0.2, 0) is 9.53 Å². The first kappa shape index (κ1) is 17.8. The molecule has 1 heterocycles. The lowest BCUT2D eigenvalue weighted by atomic mass is 9.95. The highest BCUT2D eigenvalue weighted by Crippen LogP contribution is 2.28. The standard InChI is InChI=1S/C18H24N2O4/c1-11(2)9-10-24-17(21)15-12(3)19-18(22)20-16(15)13-5-7-14(23-4)8-6-13/h5-8,11,16H,9-10H2,1-4H3,(H2,19,20,22)/t16-/m0/s1. The highest BCUT2D eigenvalue weighted by Gasteiger charge is 2.32. The van der Waals surface area contributed by atoms with Crippen molar-refractivity contribution in [2.45, 2.75) is 33.2 Å². The zero-order valence-electron chi connectivity index (χ0n) is 14.5. The van der Waals surface area contributed by atoms with Gasteiger partial charge >= 0.3 is 12.0 Å². The highest BCUT2D eigenvalue weighted by atomic mass is 16.5. The molecule has 24 heavy (non-hydrogen) atoms. The Morgan fingerprint density at radius 2 is 1.92 bits per heavy atom. The molecule has 6 heteroatoms. The maximum Gasteiger partial charge on any atom is 0.338 e. The lowest BCUT2D eigenvalue weighted by Crippen LogP contribution is -2.45. The first-order valence-corrected chi connectivity index (χ1v) is 8.01. The molecule has 0 spiro atoms. The second-order valence-electron chi connectivity index (χ2n) is 6.16. The third kappa shape index (κ3) is 4.28. The number of amides is 2. The predicted octanol–water partition coefficient (Wildman–Crippen LogP) is 2.91. The van der Waals surface area contributed by atoms with E-state index in [0.717, 1.165) is 12.0 Å². The van der Waals surface area contributed by atoms with Crippen molar-refractivity contribution in [3.63, 3.8) is 0 Å². The Bertz CT molecular complexity index is 635. The fourth-order valence-electron chi connectivity index (χ4n) is 2.48. The van der Waals surface area contributed by atoms with Gasteiger partial charge in [-0.05, 0) is 37.0 Å². The average molecular weight is 332 g/mol. The number of allylic oxidation sites excluding steroid dienone is 1. The van der Waals surface area contributed by atoms with Crippen LogP contribution in [0, 0.1) is 5.92 Å². The number of esters is 1. The summed E-state index contributed by atoms with van der Waals surface area (Å²) in [5.74, 6) is 0.747. The molecule has 1 aliphatic rings. The Balaban J connectivity index is 2.24. The van der Waals surface area contributed by atoms with E-state index >= 15 is 0 Å². The molecule has 0 aliphatic carbocycles. The van der Waals surface area contributed by atoms with Crippen molar-refractivity contribution in [1.29, 1.82) is 0 Å². The van der Waals surface area contributed by atoms with Crippen molar-refractivity contribution in [3.8, 4) is 5.75 Å². The first-order chi connectivity index (χ1) is 11.4. The number of benzene rings is 1. The number of hydrogen-bond donors (Lipinski definition) is 2. The van der Waals surface area contributed by atoms with Gasteiger partial charge in [-0.1, -0.05) is 26.0 Å². The molecule has 0 saturated carbocycles. The lowest BCUT2D eigenvalue weighted by molar-refractivity contribution is -0.139. The minimum absolute atomic E-state index is 0.341. The molecule has 0 radical (unpaired) electrons. The maximum atomic E-state index is 12.5. The second-order valence-corrected chi connectivity index (χ2v) is 6.16. The van der Waals surface area contributed by atoms with Crippen molar-refractivity contribution < 1.29 is 19.1 Å². The van der Waals surface area contributed by atoms with Crippen molar-refractivity contribution in [1.82, 2.24) is 10.6 Å². The molecule has 1 aliphatic heterocycles. The third-order valence-corrected chi connectivity index (χ3v) is 3.87. The van der Waals surface area contributed by atoms with Crippen LogP contribution in [0.2, 0.25) is 0 Å². The quantitative estimate of drug-likeness (QED) is 0.785. The molecule has 6 nitrogen and oxygen atoms in total. The Morgan fingerprint density at radius 1 is 1.25 bits per heavy atom. The molecule has 0 saturated heterocycles. The van der Waals surface area contributed by atoms with E-state index < -0.39 is 12.0 Å². The molecule has 2 amide bonds. The van der Waals surface area contributed by atoms with Gasteiger partial charge in [-0.2, -0.15) is 0 Å². The van der Waals surface area contributed by atoms with Gasteiger partial charge in [0.15, 0.2) is 0 Å². The number of rotatable bonds is 6. The van der Waals surface area contributed by atoms with Gasteiger partial charge in [0.25, 0.3) is 0 Å². The summed E-state index contributed by atoms with van der Waals surface area (Å²) in [6, 6.07) is 6.34. The van der Waals surface area contributed by atoms with Crippen LogP contribution >= 0.6 is 0 Å². The van der Waals surface area contributed by atoms with E-state index in [1.54, 1.807) is 26.2 Å². The fraction of sp³-hybridized carbons (Fsp3) is 0.444. The molecule has 2 rings (SSSR count). The molecule has 1 aromatic rings. The van der Waals surface area contributed by atoms with Gasteiger partial charge in [0, 0.05) is 5.70 Å². The Labute approximate surface area is 142 Å². The summed E-state index contributed by atoms with van der Waals surface area (Å²) in [7, 11) is 1.59. The van der Waals surface area contributed by atoms with Crippen molar-refractivity contribution in [3.05, 3.63) is 41.1 Å². The van der Waals surface area contributed by atoms with E-state index in [9.17, 15) is 9.59 Å². The monoisotopic (exact) mass is 332 g/mol. The molecule has 2 N–H and O–H groups in total. The molecule has 0 aromatic heterocycles. The minimum atomic E-state index is -0.545. The number of hydrogen-bond acceptors (Lipinski definition) is 4. The summed E-state index contributed by atoms with van der Waals surface area (Å²) in [6.45, 7) is 6.20. The summed E-state index contributed by atoms with van der Waals surface area (Å²) in [5, 5.41) is 5.42. The number of carbonyl (C=O) groups excluding carboxylic acids is 2. The van der Waals surface area contributed by atoms with Crippen molar-refractivity contribution in [2.75, 3.05) is 13.7 Å². The number of nitrogens with one attached hydrogen (secondary N) is 2. The highest BCUT2D eigenvalue weighted by molar-refractivity contribution is 5.95. The smallest absolute Gasteiger partial charge is 0.338 e. The van der Waals surface area contributed by atoms with Gasteiger partial charge < -0.3 is 20.1 Å². The molecule has 0 fully saturated rings. The van der Waals surface area contributed by atoms with Gasteiger partial charge in [-0.25, -0.2) is 9.59 Å². The molecule has 1 aromatic carbocycles. The lowest BCUT2D eigenvalue weighted by Gasteiger charge is -2.28. The molecule has 0 bridgehead atoms. The Morgan fingerprint density at radius 3 is 2.50 bits per heavy atom. The summed E-state index contributed by atoms with van der Waals surface area (Å²) in [4.78, 5) is 24.3. The van der Waals surface area contributed by atoms with Crippen molar-refractivity contribution in [2.24, 2.45) is 5.92 Å². The van der Waals surface area contributed by atoms with Crippen LogP contribution in [0.15, 0.2) is 35.5 Å². The van der Waals surface area contributed by atoms with E-state index in [1.165, 1.54) is 0 Å². The van der Waals surface area contributed by atoms with E-state index in [-0.39, 0.29) is 6.03 Å². The fourth-order valence-corrected chi connectivity index (χ4v) is 2.48. The van der Waals surface area contributed by atoms with Gasteiger partial charge in [0.1, 0.15) is 5.75 Å². The minimum Gasteiger partial charge on any atom is -0.497 e. The number of methoxy groups -OCH3 is 1. The molecule has 1 atom stereocenters. The number of ether oxygens (including phenoxy) is 2. The van der Waals surface area contributed by atoms with Crippen LogP contribution < -0.4 is 15.4 Å². The Kier molecular flexibility index (Phi) is 5.84. The number of urea groups is 1. The van der Waals surface area contributed by atoms with E-state index in [2.05, 4.69) is 24.5 Å². The summed E-state index contributed by atoms with van der Waals surface area (Å²) < 4.78 is 10.5. The largest absolute Gasteiger partial charge is 0.497 e. The van der Waals surface area contributed by atoms with Crippen LogP contribution in [-0.4, -0.2) is 25.7 Å². The van der Waals surface area contributed by atoms with Gasteiger partial charge in [-0.15, -0.1) is 0 Å². The van der Waals surface area contributed by atoms with Crippen LogP contribution in [0.1, 0.15) is 38.8 Å². The van der Waals surface area contributed by atoms with Crippen LogP contribution in [0.4, 0.5) is 4.79 Å². The zero-order chi connectivity index (χ0) is 17.7. The van der Waals surface area contributed by atoms with E-state index in [0.29, 0.717) is 29.5 Å². The van der Waals surface area contributed by atoms with Crippen LogP contribution in [0.5, 0.6) is 5.75 Å². The second kappa shape index (κ2) is 7.86. The van der Waals surface area contributed by atoms with Gasteiger partial charge in [-0.3, -0.25) is 0 Å². The average Bonchev–Trinajstić information content (AvgIpc) is 2.53. The van der Waals surface area contributed by atoms with E-state index in [1.807, 2.05) is 12.1 Å². The van der Waals surface area contributed by atoms with Gasteiger partial charge in [0.05, 0.1) is 25.3 Å². The normalized spacial score (nSPS) is 17.4. The van der Waals surface area contributed by atoms with Gasteiger partial charge in [0.2, 0.25) is 0 Å². The maximum absolute atomic E-state index is 12.5. The number of carbonyl (C=O) groups is 2. The van der Waals surface area contributed by atoms with Crippen LogP contribution in [0.25, 0.3) is 0 Å². The molecular formula is C18H24N2O4.